The number of carbonyl (C=O) groups is 1. The summed E-state index contributed by atoms with van der Waals surface area (Å²) in [6.45, 7) is 7.74. The van der Waals surface area contributed by atoms with Gasteiger partial charge in [0.05, 0.1) is 18.3 Å². The van der Waals surface area contributed by atoms with Crippen LogP contribution in [0.25, 0.3) is 0 Å². The number of allylic oxidation sites excluding steroid dienone is 1. The SMILES string of the molecule is CC(=O)O[C@H]1[C@@H]2[C@]3(C=C[C@@H]1[C@](O)(CO)C3)CC[C@@H]1C(C)(C)[C@H](O)CC[C@]12C. The van der Waals surface area contributed by atoms with Crippen molar-refractivity contribution in [3.05, 3.63) is 12.2 Å². The lowest BCUT2D eigenvalue weighted by atomic mass is 9.36. The zero-order chi connectivity index (χ0) is 19.8. The van der Waals surface area contributed by atoms with Gasteiger partial charge in [-0.25, -0.2) is 0 Å². The number of aliphatic hydroxyl groups excluding tert-OH is 2. The standard InChI is InChI=1S/C22H34O5/c1-13(24)27-17-14-5-9-21(11-22(14,26)12-23)10-6-15-19(2,3)16(25)7-8-20(15,4)18(17)21/h5,9,14-18,23,25-26H,6-8,10-12H2,1-4H3/t14-,15+,16+,17+,18-,20+,21+,22+/m0/s1. The Bertz CT molecular complexity index is 672. The van der Waals surface area contributed by atoms with Crippen molar-refractivity contribution in [2.45, 2.75) is 77.6 Å². The zero-order valence-electron chi connectivity index (χ0n) is 16.9. The van der Waals surface area contributed by atoms with Gasteiger partial charge in [0, 0.05) is 18.8 Å². The average molecular weight is 379 g/mol. The monoisotopic (exact) mass is 378 g/mol. The van der Waals surface area contributed by atoms with Crippen LogP contribution < -0.4 is 0 Å². The van der Waals surface area contributed by atoms with Gasteiger partial charge < -0.3 is 20.1 Å². The van der Waals surface area contributed by atoms with Gasteiger partial charge in [-0.1, -0.05) is 32.9 Å². The number of hydrogen-bond acceptors (Lipinski definition) is 5. The number of carbonyl (C=O) groups excluding carboxylic acids is 1. The van der Waals surface area contributed by atoms with Gasteiger partial charge in [-0.3, -0.25) is 4.79 Å². The van der Waals surface area contributed by atoms with E-state index in [1.165, 1.54) is 6.92 Å². The molecular formula is C22H34O5. The normalized spacial score (nSPS) is 52.8. The van der Waals surface area contributed by atoms with Crippen molar-refractivity contribution in [2.24, 2.45) is 34.0 Å². The molecule has 0 aromatic rings. The Kier molecular flexibility index (Phi) is 4.17. The predicted molar refractivity (Wildman–Crippen MR) is 101 cm³/mol. The molecule has 0 heterocycles. The molecule has 0 aromatic heterocycles. The number of aliphatic hydroxyl groups is 3. The molecule has 3 N–H and O–H groups in total. The Balaban J connectivity index is 1.83. The Morgan fingerprint density at radius 3 is 2.56 bits per heavy atom. The van der Waals surface area contributed by atoms with Crippen LogP contribution in [-0.2, 0) is 9.53 Å². The minimum atomic E-state index is -1.24. The molecule has 2 bridgehead atoms. The van der Waals surface area contributed by atoms with Crippen LogP contribution in [0.2, 0.25) is 0 Å². The fourth-order valence-corrected chi connectivity index (χ4v) is 7.80. The molecule has 5 rings (SSSR count). The summed E-state index contributed by atoms with van der Waals surface area (Å²) in [5.74, 6) is -0.292. The Hall–Kier alpha value is -0.910. The van der Waals surface area contributed by atoms with E-state index in [1.807, 2.05) is 6.08 Å². The second-order valence-corrected chi connectivity index (χ2v) is 10.6. The van der Waals surface area contributed by atoms with Crippen LogP contribution in [0.15, 0.2) is 12.2 Å². The first-order valence-electron chi connectivity index (χ1n) is 10.4. The van der Waals surface area contributed by atoms with Crippen LogP contribution in [0, 0.1) is 34.0 Å². The molecule has 5 nitrogen and oxygen atoms in total. The summed E-state index contributed by atoms with van der Waals surface area (Å²) in [6.07, 6.45) is 7.49. The molecule has 5 aliphatic carbocycles. The minimum absolute atomic E-state index is 0.0824. The molecule has 1 spiro atoms. The maximum absolute atomic E-state index is 12.0. The fraction of sp³-hybridized carbons (Fsp3) is 0.864. The summed E-state index contributed by atoms with van der Waals surface area (Å²) < 4.78 is 5.87. The number of hydrogen-bond donors (Lipinski definition) is 3. The molecule has 8 atom stereocenters. The molecule has 27 heavy (non-hydrogen) atoms. The van der Waals surface area contributed by atoms with Crippen LogP contribution in [0.4, 0.5) is 0 Å². The Morgan fingerprint density at radius 1 is 1.22 bits per heavy atom. The van der Waals surface area contributed by atoms with Crippen molar-refractivity contribution in [3.8, 4) is 0 Å². The summed E-state index contributed by atoms with van der Waals surface area (Å²) in [5.41, 5.74) is -1.78. The second kappa shape index (κ2) is 5.80. The summed E-state index contributed by atoms with van der Waals surface area (Å²) in [7, 11) is 0. The van der Waals surface area contributed by atoms with Crippen molar-refractivity contribution in [1.82, 2.24) is 0 Å². The minimum Gasteiger partial charge on any atom is -0.461 e. The molecule has 0 amide bonds. The topological polar surface area (TPSA) is 87.0 Å². The van der Waals surface area contributed by atoms with Gasteiger partial charge in [0.1, 0.15) is 6.10 Å². The highest BCUT2D eigenvalue weighted by Gasteiger charge is 2.70. The van der Waals surface area contributed by atoms with E-state index in [9.17, 15) is 20.1 Å². The highest BCUT2D eigenvalue weighted by molar-refractivity contribution is 5.66. The summed E-state index contributed by atoms with van der Waals surface area (Å²) in [5, 5.41) is 31.8. The van der Waals surface area contributed by atoms with Gasteiger partial charge in [0.2, 0.25) is 0 Å². The second-order valence-electron chi connectivity index (χ2n) is 10.6. The zero-order valence-corrected chi connectivity index (χ0v) is 16.9. The van der Waals surface area contributed by atoms with Crippen LogP contribution in [0.5, 0.6) is 0 Å². The molecule has 0 aliphatic heterocycles. The number of fused-ring (bicyclic) bond motifs is 2. The van der Waals surface area contributed by atoms with Gasteiger partial charge in [-0.05, 0) is 54.3 Å². The fourth-order valence-electron chi connectivity index (χ4n) is 7.80. The van der Waals surface area contributed by atoms with Crippen molar-refractivity contribution < 1.29 is 24.9 Å². The lowest BCUT2D eigenvalue weighted by Gasteiger charge is -2.70. The lowest BCUT2D eigenvalue weighted by molar-refractivity contribution is -0.259. The smallest absolute Gasteiger partial charge is 0.302 e. The summed E-state index contributed by atoms with van der Waals surface area (Å²) in [6, 6.07) is 0. The van der Waals surface area contributed by atoms with Crippen LogP contribution in [-0.4, -0.2) is 45.7 Å². The maximum atomic E-state index is 12.0. The molecule has 152 valence electrons. The van der Waals surface area contributed by atoms with E-state index in [-0.39, 0.29) is 46.8 Å². The third-order valence-electron chi connectivity index (χ3n) is 8.89. The highest BCUT2D eigenvalue weighted by Crippen LogP contribution is 2.71. The Labute approximate surface area is 161 Å². The Morgan fingerprint density at radius 2 is 1.93 bits per heavy atom. The summed E-state index contributed by atoms with van der Waals surface area (Å²) in [4.78, 5) is 12.0. The largest absolute Gasteiger partial charge is 0.461 e. The first-order valence-corrected chi connectivity index (χ1v) is 10.4. The quantitative estimate of drug-likeness (QED) is 0.507. The van der Waals surface area contributed by atoms with E-state index >= 15 is 0 Å². The van der Waals surface area contributed by atoms with Crippen LogP contribution in [0.3, 0.4) is 0 Å². The third kappa shape index (κ3) is 2.44. The first-order chi connectivity index (χ1) is 12.5. The molecule has 3 fully saturated rings. The van der Waals surface area contributed by atoms with Gasteiger partial charge in [0.25, 0.3) is 0 Å². The number of ether oxygens (including phenoxy) is 1. The molecule has 3 saturated carbocycles. The lowest BCUT2D eigenvalue weighted by Crippen LogP contribution is -2.70. The van der Waals surface area contributed by atoms with Crippen LogP contribution >= 0.6 is 0 Å². The molecular weight excluding hydrogens is 344 g/mol. The van der Waals surface area contributed by atoms with Crippen molar-refractivity contribution in [1.29, 1.82) is 0 Å². The average Bonchev–Trinajstić information content (AvgIpc) is 2.57. The molecule has 0 radical (unpaired) electrons. The van der Waals surface area contributed by atoms with Crippen molar-refractivity contribution in [2.75, 3.05) is 6.61 Å². The molecule has 5 heteroatoms. The van der Waals surface area contributed by atoms with Crippen LogP contribution in [0.1, 0.15) is 59.8 Å². The van der Waals surface area contributed by atoms with Crippen molar-refractivity contribution in [3.63, 3.8) is 0 Å². The highest BCUT2D eigenvalue weighted by atomic mass is 16.5. The molecule has 0 unspecified atom stereocenters. The molecule has 0 saturated heterocycles. The number of esters is 1. The summed E-state index contributed by atoms with van der Waals surface area (Å²) >= 11 is 0. The van der Waals surface area contributed by atoms with E-state index in [2.05, 4.69) is 26.8 Å². The number of rotatable bonds is 2. The van der Waals surface area contributed by atoms with Gasteiger partial charge >= 0.3 is 5.97 Å². The van der Waals surface area contributed by atoms with Crippen molar-refractivity contribution >= 4 is 5.97 Å². The predicted octanol–water partition coefficient (Wildman–Crippen LogP) is 2.43. The molecule has 0 aromatic carbocycles. The third-order valence-corrected chi connectivity index (χ3v) is 8.89. The van der Waals surface area contributed by atoms with E-state index in [0.717, 1.165) is 25.7 Å². The van der Waals surface area contributed by atoms with E-state index in [4.69, 9.17) is 4.74 Å². The van der Waals surface area contributed by atoms with E-state index in [1.54, 1.807) is 0 Å². The van der Waals surface area contributed by atoms with Gasteiger partial charge in [-0.2, -0.15) is 0 Å². The van der Waals surface area contributed by atoms with Gasteiger partial charge in [0.15, 0.2) is 0 Å². The van der Waals surface area contributed by atoms with Gasteiger partial charge in [-0.15, -0.1) is 0 Å². The van der Waals surface area contributed by atoms with E-state index < -0.39 is 11.7 Å². The van der Waals surface area contributed by atoms with E-state index in [0.29, 0.717) is 12.3 Å². The molecule has 5 aliphatic rings. The maximum Gasteiger partial charge on any atom is 0.302 e. The first kappa shape index (κ1) is 19.4.